The lowest BCUT2D eigenvalue weighted by atomic mass is 9.86. The van der Waals surface area contributed by atoms with Crippen molar-refractivity contribution in [3.63, 3.8) is 0 Å². The van der Waals surface area contributed by atoms with Crippen molar-refractivity contribution in [3.05, 3.63) is 69.2 Å². The quantitative estimate of drug-likeness (QED) is 0.0235. The van der Waals surface area contributed by atoms with Crippen LogP contribution >= 0.6 is 0 Å². The number of amides is 4. The van der Waals surface area contributed by atoms with Gasteiger partial charge in [-0.15, -0.1) is 0 Å². The zero-order valence-electron chi connectivity index (χ0n) is 43.7. The summed E-state index contributed by atoms with van der Waals surface area (Å²) < 4.78 is 11.8. The smallest absolute Gasteiger partial charge is 0.347 e. The van der Waals surface area contributed by atoms with Gasteiger partial charge < -0.3 is 62.8 Å². The fraction of sp³-hybridized carbons (Fsp3) is 0.607. The molecule has 12 N–H and O–H groups in total. The van der Waals surface area contributed by atoms with E-state index in [1.807, 2.05) is 0 Å². The van der Waals surface area contributed by atoms with Gasteiger partial charge in [0.15, 0.2) is 0 Å². The third kappa shape index (κ3) is 17.1. The van der Waals surface area contributed by atoms with Crippen LogP contribution < -0.4 is 54.2 Å². The molecule has 4 aliphatic rings. The van der Waals surface area contributed by atoms with Gasteiger partial charge in [0, 0.05) is 47.8 Å². The Hall–Kier alpha value is -5.82. The Balaban J connectivity index is 0.000000217. The summed E-state index contributed by atoms with van der Waals surface area (Å²) in [5, 5.41) is 7.02. The number of anilines is 2. The molecule has 0 radical (unpaired) electrons. The molecule has 2 unspecified atom stereocenters. The molecule has 0 spiro atoms. The number of amidine groups is 2. The van der Waals surface area contributed by atoms with Crippen LogP contribution in [0.4, 0.5) is 21.0 Å². The van der Waals surface area contributed by atoms with Gasteiger partial charge >= 0.3 is 12.1 Å². The van der Waals surface area contributed by atoms with Gasteiger partial charge in [0.1, 0.15) is 23.2 Å². The van der Waals surface area contributed by atoms with E-state index in [2.05, 4.69) is 40.4 Å². The number of fused-ring (bicyclic) bond motifs is 2. The maximum atomic E-state index is 12.8. The zero-order chi connectivity index (χ0) is 52.1. The van der Waals surface area contributed by atoms with Crippen molar-refractivity contribution >= 4 is 56.9 Å². The molecule has 4 aromatic rings. The molecule has 404 valence electrons. The van der Waals surface area contributed by atoms with Gasteiger partial charge in [0.2, 0.25) is 11.1 Å². The molecular weight excluding hydrogens is 937 g/mol. The fourth-order valence-electron chi connectivity index (χ4n) is 11.2. The van der Waals surface area contributed by atoms with Crippen molar-refractivity contribution in [2.45, 2.75) is 128 Å². The van der Waals surface area contributed by atoms with E-state index in [-0.39, 0.29) is 23.0 Å². The SMILES string of the molecule is NCCCCCOc1ccc(NC(=O)/N=C(\N)C2CCCN(CCC3CCCCC3)C2)c2[nH]c(=O)ccc12.NCCCOc1ccc(NC(=O)/N=C(\N)C2CCCN(CCC3CCCCC3)C2)c2[nH]c(=O)ccc12. The second-order valence-corrected chi connectivity index (χ2v) is 20.9. The van der Waals surface area contributed by atoms with E-state index in [4.69, 9.17) is 32.4 Å². The maximum absolute atomic E-state index is 12.8. The third-order valence-electron chi connectivity index (χ3n) is 15.4. The van der Waals surface area contributed by atoms with E-state index < -0.39 is 12.1 Å². The van der Waals surface area contributed by atoms with Crippen LogP contribution in [0.25, 0.3) is 21.8 Å². The largest absolute Gasteiger partial charge is 0.493 e. The number of carbonyl (C=O) groups is 2. The first kappa shape index (κ1) is 55.9. The first-order chi connectivity index (χ1) is 36.1. The molecule has 4 fully saturated rings. The molecule has 0 bridgehead atoms. The summed E-state index contributed by atoms with van der Waals surface area (Å²) in [6.07, 6.45) is 23.8. The predicted octanol–water partition coefficient (Wildman–Crippen LogP) is 8.43. The lowest BCUT2D eigenvalue weighted by Crippen LogP contribution is -2.42. The number of H-pyrrole nitrogens is 2. The lowest BCUT2D eigenvalue weighted by molar-refractivity contribution is 0.182. The van der Waals surface area contributed by atoms with Crippen LogP contribution in [0.1, 0.15) is 128 Å². The summed E-state index contributed by atoms with van der Waals surface area (Å²) in [5.74, 6) is 3.88. The molecule has 2 aliphatic heterocycles. The highest BCUT2D eigenvalue weighted by Gasteiger charge is 2.26. The molecule has 2 aromatic heterocycles. The van der Waals surface area contributed by atoms with Crippen LogP contribution in [0.3, 0.4) is 0 Å². The van der Waals surface area contributed by atoms with E-state index in [9.17, 15) is 19.2 Å². The lowest BCUT2D eigenvalue weighted by Gasteiger charge is -2.33. The van der Waals surface area contributed by atoms with Crippen LogP contribution in [-0.4, -0.2) is 109 Å². The number of ether oxygens (including phenoxy) is 2. The standard InChI is InChI=1S/C29H44N6O3.C27H40N6O3/c30-16-5-2-6-19-38-25-13-12-24(27-23(25)11-14-26(36)33-27)32-29(37)34-28(31)22-10-7-17-35(20-22)18-15-21-8-3-1-4-9-21;28-14-5-17-36-23-11-10-22(25-21(23)9-12-24(34)31-25)30-27(35)32-26(29)20-8-4-15-33(18-20)16-13-19-6-2-1-3-7-19/h11-14,21-22H,1-10,15-20,30H2,(H,33,36)(H3,31,32,34,37);9-12,19-20H,1-8,13-18,28H2,(H,31,34)(H3,29,30,32,35). The molecule has 4 amide bonds. The number of nitrogens with zero attached hydrogens (tertiary/aromatic N) is 4. The predicted molar refractivity (Wildman–Crippen MR) is 299 cm³/mol. The normalized spacial score (nSPS) is 19.7. The van der Waals surface area contributed by atoms with Gasteiger partial charge in [-0.25, -0.2) is 9.59 Å². The maximum Gasteiger partial charge on any atom is 0.347 e. The number of nitrogens with two attached hydrogens (primary N) is 4. The molecule has 2 atom stereocenters. The van der Waals surface area contributed by atoms with Crippen LogP contribution in [0.2, 0.25) is 0 Å². The first-order valence-electron chi connectivity index (χ1n) is 27.8. The molecule has 4 heterocycles. The molecule has 8 rings (SSSR count). The molecule has 18 nitrogen and oxygen atoms in total. The van der Waals surface area contributed by atoms with E-state index in [0.717, 1.165) is 108 Å². The number of aromatic nitrogens is 2. The van der Waals surface area contributed by atoms with Crippen molar-refractivity contribution in [2.75, 3.05) is 76.2 Å². The number of piperidine rings is 2. The highest BCUT2D eigenvalue weighted by atomic mass is 16.5. The molecule has 2 saturated carbocycles. The van der Waals surface area contributed by atoms with E-state index in [1.54, 1.807) is 36.4 Å². The van der Waals surface area contributed by atoms with E-state index in [1.165, 1.54) is 89.2 Å². The highest BCUT2D eigenvalue weighted by Crippen LogP contribution is 2.33. The summed E-state index contributed by atoms with van der Waals surface area (Å²) in [6, 6.07) is 12.2. The van der Waals surface area contributed by atoms with Crippen molar-refractivity contribution < 1.29 is 19.1 Å². The summed E-state index contributed by atoms with van der Waals surface area (Å²) >= 11 is 0. The first-order valence-corrected chi connectivity index (χ1v) is 27.8. The molecule has 2 aliphatic carbocycles. The number of unbranched alkanes of at least 4 members (excludes halogenated alkanes) is 2. The van der Waals surface area contributed by atoms with Gasteiger partial charge in [0.05, 0.1) is 35.6 Å². The Morgan fingerprint density at radius 3 is 1.45 bits per heavy atom. The molecule has 74 heavy (non-hydrogen) atoms. The Bertz CT molecular complexity index is 2600. The van der Waals surface area contributed by atoms with Crippen LogP contribution in [-0.2, 0) is 0 Å². The summed E-state index contributed by atoms with van der Waals surface area (Å²) in [6.45, 7) is 8.29. The average Bonchev–Trinajstić information content (AvgIpc) is 3.41. The summed E-state index contributed by atoms with van der Waals surface area (Å²) in [4.78, 5) is 68.6. The number of hydrogen-bond donors (Lipinski definition) is 8. The fourth-order valence-corrected chi connectivity index (χ4v) is 11.2. The highest BCUT2D eigenvalue weighted by molar-refractivity contribution is 6.06. The van der Waals surface area contributed by atoms with E-state index >= 15 is 0 Å². The monoisotopic (exact) mass is 1020 g/mol. The molecular formula is C56H84N12O6. The minimum absolute atomic E-state index is 0.0747. The van der Waals surface area contributed by atoms with E-state index in [0.29, 0.717) is 77.3 Å². The second-order valence-electron chi connectivity index (χ2n) is 20.9. The van der Waals surface area contributed by atoms with Crippen molar-refractivity contribution in [1.29, 1.82) is 0 Å². The minimum atomic E-state index is -0.547. The third-order valence-corrected chi connectivity index (χ3v) is 15.4. The number of nitrogens with one attached hydrogen (secondary N) is 4. The molecule has 18 heteroatoms. The second kappa shape index (κ2) is 29.3. The number of urea groups is 2. The Labute approximate surface area is 436 Å². The molecule has 2 saturated heterocycles. The number of pyridine rings is 2. The molecule has 2 aromatic carbocycles. The van der Waals surface area contributed by atoms with Gasteiger partial charge in [-0.2, -0.15) is 9.98 Å². The Morgan fingerprint density at radius 1 is 0.554 bits per heavy atom. The van der Waals surface area contributed by atoms with Crippen LogP contribution in [0.5, 0.6) is 11.5 Å². The number of aliphatic imine (C=N–C) groups is 2. The number of aromatic amines is 2. The van der Waals surface area contributed by atoms with Gasteiger partial charge in [-0.05, 0) is 152 Å². The number of likely N-dealkylation sites (tertiary alicyclic amines) is 2. The minimum Gasteiger partial charge on any atom is -0.493 e. The van der Waals surface area contributed by atoms with Gasteiger partial charge in [0.25, 0.3) is 0 Å². The topological polar surface area (TPSA) is 278 Å². The van der Waals surface area contributed by atoms with Crippen molar-refractivity contribution in [3.8, 4) is 11.5 Å². The summed E-state index contributed by atoms with van der Waals surface area (Å²) in [7, 11) is 0. The average molecular weight is 1020 g/mol. The Kier molecular flexibility index (Phi) is 22.2. The van der Waals surface area contributed by atoms with Gasteiger partial charge in [-0.1, -0.05) is 64.2 Å². The zero-order valence-corrected chi connectivity index (χ0v) is 43.7. The van der Waals surface area contributed by atoms with Crippen LogP contribution in [0, 0.1) is 23.7 Å². The summed E-state index contributed by atoms with van der Waals surface area (Å²) in [5.41, 5.74) is 25.1. The number of hydrogen-bond acceptors (Lipinski definition) is 10. The van der Waals surface area contributed by atoms with Crippen LogP contribution in [0.15, 0.2) is 68.1 Å². The van der Waals surface area contributed by atoms with Gasteiger partial charge in [-0.3, -0.25) is 9.59 Å². The number of rotatable bonds is 20. The van der Waals surface area contributed by atoms with Crippen molar-refractivity contribution in [1.82, 2.24) is 19.8 Å². The number of carbonyl (C=O) groups excluding carboxylic acids is 2. The number of benzene rings is 2. The Morgan fingerprint density at radius 2 is 1.00 bits per heavy atom. The van der Waals surface area contributed by atoms with Crippen molar-refractivity contribution in [2.24, 2.45) is 56.6 Å².